The fraction of sp³-hybridized carbons (Fsp3) is 0.571. The van der Waals surface area contributed by atoms with E-state index in [2.05, 4.69) is 50.5 Å². The smallest absolute Gasteiger partial charge is 0.0276 e. The number of hydrogen-bond donors (Lipinski definition) is 2. The maximum Gasteiger partial charge on any atom is 0.0276 e. The molecule has 0 saturated carbocycles. The third-order valence-electron chi connectivity index (χ3n) is 3.43. The van der Waals surface area contributed by atoms with Gasteiger partial charge in [0.2, 0.25) is 0 Å². The first-order valence-corrected chi connectivity index (χ1v) is 6.25. The van der Waals surface area contributed by atoms with Crippen molar-refractivity contribution < 1.29 is 0 Å². The molecular weight excluding hydrogens is 196 g/mol. The third kappa shape index (κ3) is 3.62. The summed E-state index contributed by atoms with van der Waals surface area (Å²) in [7, 11) is 0. The van der Waals surface area contributed by atoms with Crippen LogP contribution in [0.2, 0.25) is 0 Å². The number of nitrogens with one attached hydrogen (secondary N) is 1. The minimum Gasteiger partial charge on any atom is -0.271 e. The maximum atomic E-state index is 5.60. The van der Waals surface area contributed by atoms with Crippen molar-refractivity contribution in [3.05, 3.63) is 35.4 Å². The van der Waals surface area contributed by atoms with Gasteiger partial charge in [0.1, 0.15) is 0 Å². The van der Waals surface area contributed by atoms with E-state index in [-0.39, 0.29) is 0 Å². The average molecular weight is 220 g/mol. The number of nitrogens with two attached hydrogens (primary N) is 1. The van der Waals surface area contributed by atoms with Gasteiger partial charge >= 0.3 is 0 Å². The van der Waals surface area contributed by atoms with Crippen LogP contribution in [0.15, 0.2) is 24.3 Å². The number of hydrogen-bond acceptors (Lipinski definition) is 2. The average Bonchev–Trinajstić information content (AvgIpc) is 2.35. The van der Waals surface area contributed by atoms with Crippen molar-refractivity contribution in [1.82, 2.24) is 5.43 Å². The van der Waals surface area contributed by atoms with Gasteiger partial charge in [-0.1, -0.05) is 51.5 Å². The van der Waals surface area contributed by atoms with Gasteiger partial charge in [0.05, 0.1) is 0 Å². The second kappa shape index (κ2) is 6.66. The summed E-state index contributed by atoms with van der Waals surface area (Å²) in [6.07, 6.45) is 3.27. The van der Waals surface area contributed by atoms with Gasteiger partial charge in [-0.15, -0.1) is 0 Å². The van der Waals surface area contributed by atoms with Crippen molar-refractivity contribution in [2.45, 2.75) is 46.1 Å². The molecule has 0 aliphatic heterocycles. The molecule has 0 aliphatic rings. The first-order chi connectivity index (χ1) is 7.71. The van der Waals surface area contributed by atoms with Crippen LogP contribution in [0.3, 0.4) is 0 Å². The summed E-state index contributed by atoms with van der Waals surface area (Å²) < 4.78 is 0. The topological polar surface area (TPSA) is 38.0 Å². The van der Waals surface area contributed by atoms with Crippen LogP contribution in [0.4, 0.5) is 0 Å². The molecule has 0 saturated heterocycles. The fourth-order valence-corrected chi connectivity index (χ4v) is 1.87. The number of rotatable bonds is 6. The lowest BCUT2D eigenvalue weighted by Gasteiger charge is -2.22. The van der Waals surface area contributed by atoms with Crippen LogP contribution in [-0.2, 0) is 12.8 Å². The third-order valence-corrected chi connectivity index (χ3v) is 3.43. The Morgan fingerprint density at radius 2 is 1.69 bits per heavy atom. The van der Waals surface area contributed by atoms with Crippen molar-refractivity contribution in [1.29, 1.82) is 0 Å². The van der Waals surface area contributed by atoms with E-state index in [1.165, 1.54) is 11.1 Å². The van der Waals surface area contributed by atoms with Gasteiger partial charge < -0.3 is 0 Å². The molecule has 0 bridgehead atoms. The summed E-state index contributed by atoms with van der Waals surface area (Å²) in [6, 6.07) is 9.22. The van der Waals surface area contributed by atoms with E-state index in [9.17, 15) is 0 Å². The molecule has 2 unspecified atom stereocenters. The summed E-state index contributed by atoms with van der Waals surface area (Å²) in [5.74, 6) is 6.21. The molecule has 2 nitrogen and oxygen atoms in total. The SMILES string of the molecule is CCc1ccc(CC(NN)C(C)CC)cc1. The highest BCUT2D eigenvalue weighted by atomic mass is 15.2. The van der Waals surface area contributed by atoms with E-state index in [0.717, 1.165) is 19.3 Å². The van der Waals surface area contributed by atoms with Crippen molar-refractivity contribution in [2.75, 3.05) is 0 Å². The maximum absolute atomic E-state index is 5.60. The van der Waals surface area contributed by atoms with Gasteiger partial charge in [0.15, 0.2) is 0 Å². The molecular formula is C14H24N2. The Bertz CT molecular complexity index is 292. The zero-order chi connectivity index (χ0) is 12.0. The van der Waals surface area contributed by atoms with Crippen LogP contribution in [0.25, 0.3) is 0 Å². The predicted octanol–water partition coefficient (Wildman–Crippen LogP) is 2.67. The number of benzene rings is 1. The summed E-state index contributed by atoms with van der Waals surface area (Å²) in [4.78, 5) is 0. The molecule has 1 rings (SSSR count). The van der Waals surface area contributed by atoms with Crippen LogP contribution < -0.4 is 11.3 Å². The monoisotopic (exact) mass is 220 g/mol. The van der Waals surface area contributed by atoms with Gasteiger partial charge in [-0.05, 0) is 29.9 Å². The predicted molar refractivity (Wildman–Crippen MR) is 70.1 cm³/mol. The number of hydrazine groups is 1. The zero-order valence-corrected chi connectivity index (χ0v) is 10.7. The van der Waals surface area contributed by atoms with Gasteiger partial charge in [0.25, 0.3) is 0 Å². The molecule has 3 N–H and O–H groups in total. The van der Waals surface area contributed by atoms with E-state index in [1.54, 1.807) is 0 Å². The fourth-order valence-electron chi connectivity index (χ4n) is 1.87. The van der Waals surface area contributed by atoms with Gasteiger partial charge in [-0.25, -0.2) is 0 Å². The Kier molecular flexibility index (Phi) is 5.50. The summed E-state index contributed by atoms with van der Waals surface area (Å²) in [5.41, 5.74) is 5.68. The molecule has 0 aromatic heterocycles. The molecule has 2 heteroatoms. The van der Waals surface area contributed by atoms with Gasteiger partial charge in [0, 0.05) is 6.04 Å². The Labute approximate surface area is 99.2 Å². The Morgan fingerprint density at radius 1 is 1.12 bits per heavy atom. The van der Waals surface area contributed by atoms with Crippen molar-refractivity contribution >= 4 is 0 Å². The van der Waals surface area contributed by atoms with Crippen molar-refractivity contribution in [3.63, 3.8) is 0 Å². The normalized spacial score (nSPS) is 14.8. The highest BCUT2D eigenvalue weighted by Crippen LogP contribution is 2.14. The molecule has 1 aromatic rings. The second-order valence-corrected chi connectivity index (χ2v) is 4.53. The molecule has 16 heavy (non-hydrogen) atoms. The highest BCUT2D eigenvalue weighted by molar-refractivity contribution is 5.23. The lowest BCUT2D eigenvalue weighted by molar-refractivity contribution is 0.370. The molecule has 0 heterocycles. The summed E-state index contributed by atoms with van der Waals surface area (Å²) >= 11 is 0. The Hall–Kier alpha value is -0.860. The number of aryl methyl sites for hydroxylation is 1. The Balaban J connectivity index is 2.63. The molecule has 0 spiro atoms. The minimum absolute atomic E-state index is 0.373. The highest BCUT2D eigenvalue weighted by Gasteiger charge is 2.14. The summed E-state index contributed by atoms with van der Waals surface area (Å²) in [5, 5.41) is 0. The van der Waals surface area contributed by atoms with Gasteiger partial charge in [-0.3, -0.25) is 11.3 Å². The van der Waals surface area contributed by atoms with E-state index in [1.807, 2.05) is 0 Å². The van der Waals surface area contributed by atoms with Crippen LogP contribution in [0, 0.1) is 5.92 Å². The first kappa shape index (κ1) is 13.2. The van der Waals surface area contributed by atoms with Crippen LogP contribution in [0.1, 0.15) is 38.3 Å². The van der Waals surface area contributed by atoms with Gasteiger partial charge in [-0.2, -0.15) is 0 Å². The second-order valence-electron chi connectivity index (χ2n) is 4.53. The zero-order valence-electron chi connectivity index (χ0n) is 10.7. The standard InChI is InChI=1S/C14H24N2/c1-4-11(3)14(16-15)10-13-8-6-12(5-2)7-9-13/h6-9,11,14,16H,4-5,10,15H2,1-3H3. The Morgan fingerprint density at radius 3 is 2.12 bits per heavy atom. The summed E-state index contributed by atoms with van der Waals surface area (Å²) in [6.45, 7) is 6.62. The molecule has 0 amide bonds. The lowest BCUT2D eigenvalue weighted by Crippen LogP contribution is -2.41. The van der Waals surface area contributed by atoms with E-state index >= 15 is 0 Å². The largest absolute Gasteiger partial charge is 0.271 e. The van der Waals surface area contributed by atoms with Crippen LogP contribution in [0.5, 0.6) is 0 Å². The molecule has 1 aromatic carbocycles. The molecule has 0 aliphatic carbocycles. The van der Waals surface area contributed by atoms with Crippen molar-refractivity contribution in [2.24, 2.45) is 11.8 Å². The van der Waals surface area contributed by atoms with E-state index < -0.39 is 0 Å². The van der Waals surface area contributed by atoms with E-state index in [0.29, 0.717) is 12.0 Å². The first-order valence-electron chi connectivity index (χ1n) is 6.25. The van der Waals surface area contributed by atoms with E-state index in [4.69, 9.17) is 5.84 Å². The minimum atomic E-state index is 0.373. The van der Waals surface area contributed by atoms with Crippen LogP contribution >= 0.6 is 0 Å². The molecule has 90 valence electrons. The molecule has 2 atom stereocenters. The molecule has 0 fully saturated rings. The van der Waals surface area contributed by atoms with Crippen molar-refractivity contribution in [3.8, 4) is 0 Å². The van der Waals surface area contributed by atoms with Crippen LogP contribution in [-0.4, -0.2) is 6.04 Å². The quantitative estimate of drug-likeness (QED) is 0.571. The lowest BCUT2D eigenvalue weighted by atomic mass is 9.93. The molecule has 0 radical (unpaired) electrons.